The van der Waals surface area contributed by atoms with Gasteiger partial charge in [0.1, 0.15) is 5.02 Å². The van der Waals surface area contributed by atoms with Gasteiger partial charge in [0, 0.05) is 25.3 Å². The second-order valence-corrected chi connectivity index (χ2v) is 9.46. The molecule has 192 valence electrons. The number of benzene rings is 1. The van der Waals surface area contributed by atoms with Crippen LogP contribution in [0.1, 0.15) is 60.8 Å². The fraction of sp³-hybridized carbons (Fsp3) is 0.458. The van der Waals surface area contributed by atoms with Gasteiger partial charge in [0.05, 0.1) is 35.6 Å². The van der Waals surface area contributed by atoms with Crippen molar-refractivity contribution in [2.24, 2.45) is 0 Å². The van der Waals surface area contributed by atoms with E-state index in [1.165, 1.54) is 27.7 Å². The van der Waals surface area contributed by atoms with Crippen LogP contribution in [0.4, 0.5) is 18.9 Å². The predicted molar refractivity (Wildman–Crippen MR) is 127 cm³/mol. The second kappa shape index (κ2) is 9.44. The lowest BCUT2D eigenvalue weighted by Crippen LogP contribution is -2.36. The van der Waals surface area contributed by atoms with Crippen molar-refractivity contribution in [3.8, 4) is 0 Å². The third-order valence-corrected chi connectivity index (χ3v) is 7.26. The van der Waals surface area contributed by atoms with Crippen LogP contribution in [0.5, 0.6) is 0 Å². The molecule has 5 rings (SSSR count). The number of fused-ring (bicyclic) bond motifs is 1. The molecule has 0 aliphatic carbocycles. The lowest BCUT2D eigenvalue weighted by atomic mass is 10.00. The van der Waals surface area contributed by atoms with Crippen molar-refractivity contribution in [3.63, 3.8) is 0 Å². The van der Waals surface area contributed by atoms with Crippen molar-refractivity contribution in [2.75, 3.05) is 18.1 Å². The number of rotatable bonds is 4. The fourth-order valence-electron chi connectivity index (χ4n) is 5.04. The predicted octanol–water partition coefficient (Wildman–Crippen LogP) is 4.28. The van der Waals surface area contributed by atoms with E-state index < -0.39 is 29.6 Å². The number of aromatic amines is 1. The van der Waals surface area contributed by atoms with Gasteiger partial charge in [0.25, 0.3) is 11.1 Å². The van der Waals surface area contributed by atoms with Gasteiger partial charge in [0.2, 0.25) is 0 Å². The summed E-state index contributed by atoms with van der Waals surface area (Å²) in [6, 6.07) is 4.61. The Labute approximate surface area is 209 Å². The van der Waals surface area contributed by atoms with E-state index in [4.69, 9.17) is 16.3 Å². The molecule has 1 fully saturated rings. The molecule has 1 aromatic carbocycles. The maximum absolute atomic E-state index is 13.6. The zero-order chi connectivity index (χ0) is 25.6. The largest absolute Gasteiger partial charge is 0.416 e. The number of hydrogen-bond acceptors (Lipinski definition) is 5. The first-order chi connectivity index (χ1) is 17.2. The van der Waals surface area contributed by atoms with E-state index in [1.54, 1.807) is 17.9 Å². The maximum atomic E-state index is 13.6. The molecule has 36 heavy (non-hydrogen) atoms. The molecular weight excluding hydrogens is 499 g/mol. The summed E-state index contributed by atoms with van der Waals surface area (Å²) in [6.45, 7) is 2.73. The van der Waals surface area contributed by atoms with Gasteiger partial charge >= 0.3 is 6.18 Å². The normalized spacial score (nSPS) is 19.2. The number of hydrogen-bond donors (Lipinski definition) is 1. The van der Waals surface area contributed by atoms with Crippen LogP contribution in [-0.2, 0) is 23.9 Å². The molecular formula is C24H25ClF3N5O3. The lowest BCUT2D eigenvalue weighted by Gasteiger charge is -2.31. The highest BCUT2D eigenvalue weighted by Crippen LogP contribution is 2.36. The van der Waals surface area contributed by atoms with Gasteiger partial charge in [-0.1, -0.05) is 29.8 Å². The maximum Gasteiger partial charge on any atom is 0.416 e. The molecule has 0 bridgehead atoms. The molecule has 2 aliphatic heterocycles. The summed E-state index contributed by atoms with van der Waals surface area (Å²) in [5.74, 6) is 0. The number of anilines is 1. The Balaban J connectivity index is 1.44. The molecule has 2 aromatic heterocycles. The first-order valence-corrected chi connectivity index (χ1v) is 12.2. The van der Waals surface area contributed by atoms with Crippen LogP contribution in [0.15, 0.2) is 40.1 Å². The topological polar surface area (TPSA) is 85.2 Å². The summed E-state index contributed by atoms with van der Waals surface area (Å²) in [4.78, 5) is 27.5. The van der Waals surface area contributed by atoms with Crippen LogP contribution in [0, 0.1) is 0 Å². The van der Waals surface area contributed by atoms with Crippen LogP contribution >= 0.6 is 11.6 Å². The van der Waals surface area contributed by atoms with Gasteiger partial charge in [-0.15, -0.1) is 0 Å². The minimum atomic E-state index is -4.51. The van der Waals surface area contributed by atoms with E-state index in [9.17, 15) is 22.8 Å². The van der Waals surface area contributed by atoms with Gasteiger partial charge in [-0.25, -0.2) is 0 Å². The number of alkyl halides is 3. The number of halogens is 4. The summed E-state index contributed by atoms with van der Waals surface area (Å²) >= 11 is 6.45. The van der Waals surface area contributed by atoms with Crippen molar-refractivity contribution in [1.82, 2.24) is 19.6 Å². The molecule has 8 nitrogen and oxygen atoms in total. The minimum Gasteiger partial charge on any atom is -0.364 e. The number of aromatic nitrogens is 4. The quantitative estimate of drug-likeness (QED) is 0.552. The van der Waals surface area contributed by atoms with E-state index in [0.717, 1.165) is 18.9 Å². The summed E-state index contributed by atoms with van der Waals surface area (Å²) in [7, 11) is 0. The highest BCUT2D eigenvalue weighted by atomic mass is 35.5. The van der Waals surface area contributed by atoms with E-state index >= 15 is 0 Å². The summed E-state index contributed by atoms with van der Waals surface area (Å²) in [5, 5.41) is 6.99. The van der Waals surface area contributed by atoms with Crippen molar-refractivity contribution in [3.05, 3.63) is 78.6 Å². The van der Waals surface area contributed by atoms with Crippen LogP contribution in [0.25, 0.3) is 0 Å². The smallest absolute Gasteiger partial charge is 0.364 e. The minimum absolute atomic E-state index is 0.00837. The van der Waals surface area contributed by atoms with Crippen molar-refractivity contribution >= 4 is 17.3 Å². The Bertz CT molecular complexity index is 1390. The van der Waals surface area contributed by atoms with Crippen LogP contribution in [0.2, 0.25) is 5.02 Å². The Hall–Kier alpha value is -3.05. The summed E-state index contributed by atoms with van der Waals surface area (Å²) < 4.78 is 49.2. The molecule has 1 N–H and O–H groups in total. The van der Waals surface area contributed by atoms with E-state index in [1.807, 2.05) is 0 Å². The monoisotopic (exact) mass is 523 g/mol. The van der Waals surface area contributed by atoms with Crippen molar-refractivity contribution in [1.29, 1.82) is 0 Å². The molecule has 1 saturated heterocycles. The molecule has 2 atom stereocenters. The molecule has 0 saturated carbocycles. The average Bonchev–Trinajstić information content (AvgIpc) is 3.21. The first-order valence-electron chi connectivity index (χ1n) is 11.8. The summed E-state index contributed by atoms with van der Waals surface area (Å²) in [5.41, 5.74) is -0.0557. The van der Waals surface area contributed by atoms with Gasteiger partial charge in [-0.2, -0.15) is 23.0 Å². The number of nitrogens with zero attached hydrogens (tertiary/aromatic N) is 4. The van der Waals surface area contributed by atoms with Gasteiger partial charge in [-0.3, -0.25) is 19.4 Å². The Morgan fingerprint density at radius 2 is 2.00 bits per heavy atom. The molecule has 0 spiro atoms. The molecule has 3 aromatic rings. The van der Waals surface area contributed by atoms with Gasteiger partial charge in [-0.05, 0) is 37.8 Å². The van der Waals surface area contributed by atoms with E-state index in [-0.39, 0.29) is 22.7 Å². The summed E-state index contributed by atoms with van der Waals surface area (Å²) in [6.07, 6.45) is -0.558. The van der Waals surface area contributed by atoms with Gasteiger partial charge in [0.15, 0.2) is 6.23 Å². The number of ether oxygens (including phenoxy) is 1. The van der Waals surface area contributed by atoms with Crippen LogP contribution in [0.3, 0.4) is 0 Å². The lowest BCUT2D eigenvalue weighted by molar-refractivity contribution is -0.138. The molecule has 2 aliphatic rings. The zero-order valence-corrected chi connectivity index (χ0v) is 20.3. The van der Waals surface area contributed by atoms with Gasteiger partial charge < -0.3 is 9.64 Å². The average molecular weight is 524 g/mol. The molecule has 2 unspecified atom stereocenters. The highest BCUT2D eigenvalue weighted by molar-refractivity contribution is 6.33. The Morgan fingerprint density at radius 3 is 2.72 bits per heavy atom. The number of H-pyrrole nitrogens is 1. The SMILES string of the molecule is CC(c1ccccc1C(F)(F)F)n1[nH]c(=O)c2c1CCN(c1cnn(C3CCCCO3)c(=O)c1Cl)C2. The van der Waals surface area contributed by atoms with Crippen LogP contribution in [-0.4, -0.2) is 32.7 Å². The van der Waals surface area contributed by atoms with E-state index in [0.29, 0.717) is 42.9 Å². The zero-order valence-electron chi connectivity index (χ0n) is 19.5. The second-order valence-electron chi connectivity index (χ2n) is 9.08. The molecule has 0 amide bonds. The molecule has 0 radical (unpaired) electrons. The third kappa shape index (κ3) is 4.34. The molecule has 12 heteroatoms. The fourth-order valence-corrected chi connectivity index (χ4v) is 5.29. The van der Waals surface area contributed by atoms with E-state index in [2.05, 4.69) is 10.2 Å². The Kier molecular flexibility index (Phi) is 6.46. The van der Waals surface area contributed by atoms with Crippen LogP contribution < -0.4 is 16.0 Å². The van der Waals surface area contributed by atoms with Crippen molar-refractivity contribution in [2.45, 2.75) is 57.6 Å². The van der Waals surface area contributed by atoms with Crippen molar-refractivity contribution < 1.29 is 17.9 Å². The number of nitrogens with one attached hydrogen (secondary N) is 1. The standard InChI is InChI=1S/C24H25ClF3N5O3/c1-14(15-6-2-3-7-17(15)24(26,27)28)32-18-9-10-31(13-16(18)22(34)30-32)19-12-29-33(23(35)21(19)25)20-8-4-5-11-36-20/h2-3,6-7,12,14,20H,4-5,8-11,13H2,1H3,(H,30,34). The third-order valence-electron chi connectivity index (χ3n) is 6.90. The first kappa shape index (κ1) is 24.6. The molecule has 4 heterocycles. The highest BCUT2D eigenvalue weighted by Gasteiger charge is 2.36. The Morgan fingerprint density at radius 1 is 1.22 bits per heavy atom.